The minimum Gasteiger partial charge on any atom is -0.349 e. The van der Waals surface area contributed by atoms with Crippen LogP contribution < -0.4 is 5.32 Å². The van der Waals surface area contributed by atoms with Crippen LogP contribution >= 0.6 is 22.9 Å². The van der Waals surface area contributed by atoms with Gasteiger partial charge >= 0.3 is 0 Å². The molecule has 0 radical (unpaired) electrons. The van der Waals surface area contributed by atoms with Crippen LogP contribution in [-0.4, -0.2) is 31.7 Å². The molecule has 0 unspecified atom stereocenters. The number of nitrogens with one attached hydrogen (secondary N) is 1. The van der Waals surface area contributed by atoms with Gasteiger partial charge in [0.1, 0.15) is 4.21 Å². The predicted molar refractivity (Wildman–Crippen MR) is 128 cm³/mol. The van der Waals surface area contributed by atoms with E-state index >= 15 is 0 Å². The number of piperidine rings is 1. The van der Waals surface area contributed by atoms with Crippen LogP contribution in [0.2, 0.25) is 4.34 Å². The Morgan fingerprint density at radius 3 is 2.16 bits per heavy atom. The van der Waals surface area contributed by atoms with Crippen LogP contribution in [0.15, 0.2) is 77.0 Å². The number of nitrogens with zero attached hydrogens (tertiary/aromatic N) is 1. The lowest BCUT2D eigenvalue weighted by Crippen LogP contribution is -2.53. The topological polar surface area (TPSA) is 66.5 Å². The fourth-order valence-corrected chi connectivity index (χ4v) is 7.31. The highest BCUT2D eigenvalue weighted by Gasteiger charge is 2.45. The van der Waals surface area contributed by atoms with E-state index in [0.29, 0.717) is 17.2 Å². The molecular weight excluding hydrogens is 464 g/mol. The Kier molecular flexibility index (Phi) is 6.72. The maximum atomic E-state index is 13.6. The van der Waals surface area contributed by atoms with Crippen LogP contribution in [0.5, 0.6) is 0 Å². The van der Waals surface area contributed by atoms with Crippen molar-refractivity contribution in [3.05, 3.63) is 88.3 Å². The zero-order chi connectivity index (χ0) is 22.8. The minimum atomic E-state index is -3.63. The van der Waals surface area contributed by atoms with Gasteiger partial charge in [-0.15, -0.1) is 11.3 Å². The summed E-state index contributed by atoms with van der Waals surface area (Å²) in [6.07, 6.45) is 0.811. The third-order valence-corrected chi connectivity index (χ3v) is 9.72. The summed E-state index contributed by atoms with van der Waals surface area (Å²) in [6.45, 7) is 2.49. The Morgan fingerprint density at radius 2 is 1.59 bits per heavy atom. The van der Waals surface area contributed by atoms with Gasteiger partial charge in [-0.1, -0.05) is 72.3 Å². The van der Waals surface area contributed by atoms with Gasteiger partial charge in [-0.3, -0.25) is 4.79 Å². The van der Waals surface area contributed by atoms with Gasteiger partial charge in [-0.05, 0) is 43.0 Å². The molecule has 3 aromatic rings. The van der Waals surface area contributed by atoms with Gasteiger partial charge in [-0.25, -0.2) is 8.42 Å². The van der Waals surface area contributed by atoms with E-state index < -0.39 is 15.4 Å². The molecule has 1 saturated heterocycles. The number of carbonyl (C=O) groups is 1. The molecule has 4 rings (SSSR count). The molecule has 0 aliphatic carbocycles. The van der Waals surface area contributed by atoms with Crippen LogP contribution in [0, 0.1) is 0 Å². The van der Waals surface area contributed by atoms with E-state index in [1.807, 2.05) is 67.6 Å². The Morgan fingerprint density at radius 1 is 1.00 bits per heavy atom. The predicted octanol–water partition coefficient (Wildman–Crippen LogP) is 5.00. The van der Waals surface area contributed by atoms with Crippen LogP contribution in [0.3, 0.4) is 0 Å². The molecule has 0 spiro atoms. The zero-order valence-corrected chi connectivity index (χ0v) is 20.1. The first-order chi connectivity index (χ1) is 15.3. The summed E-state index contributed by atoms with van der Waals surface area (Å²) in [5, 5.41) is 3.17. The zero-order valence-electron chi connectivity index (χ0n) is 17.7. The lowest BCUT2D eigenvalue weighted by Gasteiger charge is -2.41. The fourth-order valence-electron chi connectivity index (χ4n) is 4.24. The number of amides is 1. The highest BCUT2D eigenvalue weighted by Crippen LogP contribution is 2.39. The number of rotatable bonds is 6. The van der Waals surface area contributed by atoms with Crippen LogP contribution in [-0.2, 0) is 20.2 Å². The molecule has 168 valence electrons. The molecule has 1 N–H and O–H groups in total. The van der Waals surface area contributed by atoms with Crippen molar-refractivity contribution in [1.29, 1.82) is 0 Å². The Labute approximate surface area is 198 Å². The fraction of sp³-hybridized carbons (Fsp3) is 0.292. The normalized spacial score (nSPS) is 17.6. The molecule has 1 aliphatic heterocycles. The smallest absolute Gasteiger partial charge is 0.252 e. The standard InChI is InChI=1S/C24H25ClN2O3S2/c1-18(19-8-4-2-5-9-19)26-23(28)24(20-10-6-3-7-11-20)14-16-27(17-15-24)32(29,30)22-13-12-21(25)31-22/h2-13,18H,14-17H2,1H3,(H,26,28)/t18-/m1/s1. The molecule has 1 aromatic heterocycles. The molecule has 1 fully saturated rings. The molecule has 1 atom stereocenters. The number of carbonyl (C=O) groups excluding carboxylic acids is 1. The second kappa shape index (κ2) is 9.35. The lowest BCUT2D eigenvalue weighted by atomic mass is 9.72. The monoisotopic (exact) mass is 488 g/mol. The molecule has 8 heteroatoms. The highest BCUT2D eigenvalue weighted by molar-refractivity contribution is 7.91. The summed E-state index contributed by atoms with van der Waals surface area (Å²) < 4.78 is 28.2. The third kappa shape index (κ3) is 4.48. The summed E-state index contributed by atoms with van der Waals surface area (Å²) in [7, 11) is -3.63. The third-order valence-electron chi connectivity index (χ3n) is 6.13. The van der Waals surface area contributed by atoms with E-state index in [-0.39, 0.29) is 29.2 Å². The number of halogens is 1. The lowest BCUT2D eigenvalue weighted by molar-refractivity contribution is -0.129. The number of benzene rings is 2. The summed E-state index contributed by atoms with van der Waals surface area (Å²) in [4.78, 5) is 13.6. The second-order valence-corrected chi connectivity index (χ2v) is 11.9. The maximum absolute atomic E-state index is 13.6. The van der Waals surface area contributed by atoms with Crippen molar-refractivity contribution in [3.63, 3.8) is 0 Å². The van der Waals surface area contributed by atoms with Crippen molar-refractivity contribution in [2.45, 2.75) is 35.4 Å². The Balaban J connectivity index is 1.58. The summed E-state index contributed by atoms with van der Waals surface area (Å²) in [5.41, 5.74) is 1.15. The van der Waals surface area contributed by atoms with Crippen molar-refractivity contribution < 1.29 is 13.2 Å². The highest BCUT2D eigenvalue weighted by atomic mass is 35.5. The van der Waals surface area contributed by atoms with Gasteiger partial charge < -0.3 is 5.32 Å². The van der Waals surface area contributed by atoms with Crippen molar-refractivity contribution in [1.82, 2.24) is 9.62 Å². The number of hydrogen-bond acceptors (Lipinski definition) is 4. The van der Waals surface area contributed by atoms with Gasteiger partial charge in [-0.2, -0.15) is 4.31 Å². The van der Waals surface area contributed by atoms with E-state index in [2.05, 4.69) is 5.32 Å². The van der Waals surface area contributed by atoms with Crippen molar-refractivity contribution in [2.24, 2.45) is 0 Å². The van der Waals surface area contributed by atoms with Crippen LogP contribution in [0.4, 0.5) is 0 Å². The van der Waals surface area contributed by atoms with Gasteiger partial charge in [0.2, 0.25) is 5.91 Å². The maximum Gasteiger partial charge on any atom is 0.252 e. The van der Waals surface area contributed by atoms with E-state index in [1.54, 1.807) is 6.07 Å². The second-order valence-electron chi connectivity index (χ2n) is 8.02. The van der Waals surface area contributed by atoms with Gasteiger partial charge in [0.25, 0.3) is 10.0 Å². The van der Waals surface area contributed by atoms with Gasteiger partial charge in [0.15, 0.2) is 0 Å². The molecular formula is C24H25ClN2O3S2. The summed E-state index contributed by atoms with van der Waals surface area (Å²) in [6, 6.07) is 22.5. The van der Waals surface area contributed by atoms with E-state index in [1.165, 1.54) is 10.4 Å². The van der Waals surface area contributed by atoms with Crippen molar-refractivity contribution in [2.75, 3.05) is 13.1 Å². The molecule has 2 aromatic carbocycles. The van der Waals surface area contributed by atoms with Gasteiger partial charge in [0, 0.05) is 13.1 Å². The molecule has 0 saturated carbocycles. The largest absolute Gasteiger partial charge is 0.349 e. The number of thiophene rings is 1. The van der Waals surface area contributed by atoms with Crippen LogP contribution in [0.1, 0.15) is 36.9 Å². The average molecular weight is 489 g/mol. The Bertz CT molecular complexity index is 1170. The molecule has 0 bridgehead atoms. The van der Waals surface area contributed by atoms with E-state index in [4.69, 9.17) is 11.6 Å². The summed E-state index contributed by atoms with van der Waals surface area (Å²) >= 11 is 7.01. The molecule has 1 aliphatic rings. The SMILES string of the molecule is C[C@@H](NC(=O)C1(c2ccccc2)CCN(S(=O)(=O)c2ccc(Cl)s2)CC1)c1ccccc1. The quantitative estimate of drug-likeness (QED) is 0.530. The number of sulfonamides is 1. The van der Waals surface area contributed by atoms with Gasteiger partial charge in [0.05, 0.1) is 15.8 Å². The van der Waals surface area contributed by atoms with Crippen LogP contribution in [0.25, 0.3) is 0 Å². The first-order valence-electron chi connectivity index (χ1n) is 10.5. The minimum absolute atomic E-state index is 0.0729. The van der Waals surface area contributed by atoms with Crippen molar-refractivity contribution in [3.8, 4) is 0 Å². The van der Waals surface area contributed by atoms with E-state index in [9.17, 15) is 13.2 Å². The molecule has 1 amide bonds. The van der Waals surface area contributed by atoms with Crippen molar-refractivity contribution >= 4 is 38.9 Å². The van der Waals surface area contributed by atoms with E-state index in [0.717, 1.165) is 22.5 Å². The Hall–Kier alpha value is -2.19. The first kappa shape index (κ1) is 23.0. The number of hydrogen-bond donors (Lipinski definition) is 1. The summed E-state index contributed by atoms with van der Waals surface area (Å²) in [5.74, 6) is -0.0729. The molecule has 5 nitrogen and oxygen atoms in total. The first-order valence-corrected chi connectivity index (χ1v) is 13.1. The molecule has 32 heavy (non-hydrogen) atoms. The average Bonchev–Trinajstić information content (AvgIpc) is 3.27. The molecule has 2 heterocycles.